The molecule has 4 nitrogen and oxygen atoms in total. The number of nitrogens with zero attached hydrogens (tertiary/aromatic N) is 2. The molecule has 0 spiro atoms. The Labute approximate surface area is 162 Å². The number of thiophene rings is 1. The number of methoxy groups -OCH3 is 1. The van der Waals surface area contributed by atoms with Gasteiger partial charge in [-0.2, -0.15) is 16.4 Å². The minimum Gasteiger partial charge on any atom is -0.497 e. The number of hydrogen-bond acceptors (Lipinski definition) is 4. The van der Waals surface area contributed by atoms with E-state index >= 15 is 0 Å². The third-order valence-electron chi connectivity index (χ3n) is 4.83. The average Bonchev–Trinajstić information content (AvgIpc) is 3.37. The summed E-state index contributed by atoms with van der Waals surface area (Å²) in [5.74, 6) is 0.700. The molecular weight excluding hydrogens is 356 g/mol. The van der Waals surface area contributed by atoms with Crippen LogP contribution in [-0.4, -0.2) is 23.7 Å². The van der Waals surface area contributed by atoms with Crippen LogP contribution in [0.2, 0.25) is 0 Å². The van der Waals surface area contributed by atoms with Crippen LogP contribution in [0.3, 0.4) is 0 Å². The van der Waals surface area contributed by atoms with Crippen LogP contribution in [0.5, 0.6) is 5.75 Å². The molecule has 0 unspecified atom stereocenters. The molecular formula is C22H20N2O2S. The van der Waals surface area contributed by atoms with E-state index in [9.17, 15) is 4.79 Å². The van der Waals surface area contributed by atoms with Gasteiger partial charge in [0.1, 0.15) is 5.75 Å². The molecule has 0 saturated heterocycles. The first kappa shape index (κ1) is 17.5. The Hall–Kier alpha value is -2.92. The van der Waals surface area contributed by atoms with Crippen LogP contribution in [0.15, 0.2) is 70.5 Å². The van der Waals surface area contributed by atoms with Gasteiger partial charge in [-0.3, -0.25) is 4.79 Å². The molecule has 136 valence electrons. The highest BCUT2D eigenvalue weighted by molar-refractivity contribution is 7.08. The molecule has 3 aromatic rings. The van der Waals surface area contributed by atoms with Crippen LogP contribution in [0, 0.1) is 6.92 Å². The molecule has 2 heterocycles. The summed E-state index contributed by atoms with van der Waals surface area (Å²) < 4.78 is 5.37. The number of benzene rings is 2. The highest BCUT2D eigenvalue weighted by atomic mass is 32.1. The maximum Gasteiger partial charge on any atom is 0.274 e. The second kappa shape index (κ2) is 7.37. The molecule has 0 bridgehead atoms. The second-order valence-corrected chi connectivity index (χ2v) is 7.30. The zero-order valence-electron chi connectivity index (χ0n) is 15.3. The Morgan fingerprint density at radius 1 is 1.19 bits per heavy atom. The fraction of sp³-hybridized carbons (Fsp3) is 0.182. The van der Waals surface area contributed by atoms with Crippen molar-refractivity contribution >= 4 is 23.0 Å². The lowest BCUT2D eigenvalue weighted by atomic mass is 9.98. The molecule has 1 atom stereocenters. The Morgan fingerprint density at radius 2 is 2.04 bits per heavy atom. The Morgan fingerprint density at radius 3 is 2.78 bits per heavy atom. The van der Waals surface area contributed by atoms with E-state index in [1.165, 1.54) is 0 Å². The van der Waals surface area contributed by atoms with Gasteiger partial charge < -0.3 is 4.74 Å². The number of carbonyl (C=O) groups is 1. The van der Waals surface area contributed by atoms with Gasteiger partial charge in [-0.15, -0.1) is 0 Å². The van der Waals surface area contributed by atoms with Crippen molar-refractivity contribution in [2.24, 2.45) is 5.10 Å². The molecule has 0 fully saturated rings. The summed E-state index contributed by atoms with van der Waals surface area (Å²) in [5, 5.41) is 10.5. The van der Waals surface area contributed by atoms with Crippen LogP contribution in [-0.2, 0) is 0 Å². The van der Waals surface area contributed by atoms with E-state index in [0.717, 1.165) is 28.2 Å². The highest BCUT2D eigenvalue weighted by Gasteiger charge is 2.34. The zero-order chi connectivity index (χ0) is 18.8. The molecule has 2 aromatic carbocycles. The van der Waals surface area contributed by atoms with Crippen LogP contribution in [0.1, 0.15) is 39.5 Å². The standard InChI is InChI=1S/C22H20N2O2S/c1-15-6-3-4-9-19(15)22(25)24-21(16-7-5-8-18(12-16)26-2)13-20(23-24)17-10-11-27-14-17/h3-12,14,21H,13H2,1-2H3/t21-/m1/s1. The van der Waals surface area contributed by atoms with E-state index < -0.39 is 0 Å². The van der Waals surface area contributed by atoms with Gasteiger partial charge in [0.2, 0.25) is 0 Å². The van der Waals surface area contributed by atoms with Crippen LogP contribution >= 0.6 is 11.3 Å². The summed E-state index contributed by atoms with van der Waals surface area (Å²) in [6, 6.07) is 17.4. The SMILES string of the molecule is COc1cccc([C@H]2CC(c3ccsc3)=NN2C(=O)c2ccccc2C)c1. The largest absolute Gasteiger partial charge is 0.497 e. The second-order valence-electron chi connectivity index (χ2n) is 6.52. The lowest BCUT2D eigenvalue weighted by Crippen LogP contribution is -2.27. The number of hydrazone groups is 1. The summed E-state index contributed by atoms with van der Waals surface area (Å²) in [5.41, 5.74) is 4.66. The highest BCUT2D eigenvalue weighted by Crippen LogP contribution is 2.35. The van der Waals surface area contributed by atoms with Crippen LogP contribution in [0.4, 0.5) is 0 Å². The average molecular weight is 376 g/mol. The molecule has 1 amide bonds. The summed E-state index contributed by atoms with van der Waals surface area (Å²) in [6.45, 7) is 1.95. The molecule has 1 aliphatic rings. The monoisotopic (exact) mass is 376 g/mol. The predicted octanol–water partition coefficient (Wildman–Crippen LogP) is 5.06. The van der Waals surface area contributed by atoms with Gasteiger partial charge in [0.15, 0.2) is 0 Å². The first-order valence-corrected chi connectivity index (χ1v) is 9.75. The van der Waals surface area contributed by atoms with Crippen molar-refractivity contribution in [1.82, 2.24) is 5.01 Å². The molecule has 0 radical (unpaired) electrons. The topological polar surface area (TPSA) is 41.9 Å². The smallest absolute Gasteiger partial charge is 0.274 e. The first-order chi connectivity index (χ1) is 13.2. The predicted molar refractivity (Wildman–Crippen MR) is 109 cm³/mol. The number of rotatable bonds is 4. The quantitative estimate of drug-likeness (QED) is 0.639. The first-order valence-electron chi connectivity index (χ1n) is 8.80. The van der Waals surface area contributed by atoms with Crippen LogP contribution in [0.25, 0.3) is 0 Å². The minimum absolute atomic E-state index is 0.0776. The molecule has 27 heavy (non-hydrogen) atoms. The van der Waals surface area contributed by atoms with E-state index in [-0.39, 0.29) is 11.9 Å². The Kier molecular flexibility index (Phi) is 4.77. The van der Waals surface area contributed by atoms with Crippen LogP contribution < -0.4 is 4.74 Å². The molecule has 0 saturated carbocycles. The summed E-state index contributed by atoms with van der Waals surface area (Å²) in [7, 11) is 1.65. The van der Waals surface area contributed by atoms with E-state index in [0.29, 0.717) is 12.0 Å². The number of amides is 1. The molecule has 5 heteroatoms. The zero-order valence-corrected chi connectivity index (χ0v) is 16.1. The van der Waals surface area contributed by atoms with Crippen molar-refractivity contribution in [3.8, 4) is 5.75 Å². The maximum absolute atomic E-state index is 13.3. The van der Waals surface area contributed by atoms with E-state index in [1.54, 1.807) is 23.5 Å². The van der Waals surface area contributed by atoms with Crippen molar-refractivity contribution in [2.75, 3.05) is 7.11 Å². The van der Waals surface area contributed by atoms with Gasteiger partial charge in [0.25, 0.3) is 5.91 Å². The number of ether oxygens (including phenoxy) is 1. The lowest BCUT2D eigenvalue weighted by Gasteiger charge is -2.23. The third kappa shape index (κ3) is 3.38. The van der Waals surface area contributed by atoms with Gasteiger partial charge in [0.05, 0.1) is 18.9 Å². The van der Waals surface area contributed by atoms with Gasteiger partial charge >= 0.3 is 0 Å². The Balaban J connectivity index is 1.75. The number of carbonyl (C=O) groups excluding carboxylic acids is 1. The van der Waals surface area contributed by atoms with Crippen molar-refractivity contribution in [3.63, 3.8) is 0 Å². The van der Waals surface area contributed by atoms with Gasteiger partial charge in [0, 0.05) is 17.5 Å². The summed E-state index contributed by atoms with van der Waals surface area (Å²) in [6.07, 6.45) is 0.682. The van der Waals surface area contributed by atoms with Crippen molar-refractivity contribution in [3.05, 3.63) is 87.6 Å². The van der Waals surface area contributed by atoms with Crippen molar-refractivity contribution in [1.29, 1.82) is 0 Å². The summed E-state index contributed by atoms with van der Waals surface area (Å²) in [4.78, 5) is 13.3. The number of aryl methyl sites for hydroxylation is 1. The fourth-order valence-electron chi connectivity index (χ4n) is 3.35. The van der Waals surface area contributed by atoms with E-state index in [4.69, 9.17) is 9.84 Å². The fourth-order valence-corrected chi connectivity index (χ4v) is 4.01. The normalized spacial score (nSPS) is 16.3. The third-order valence-corrected chi connectivity index (χ3v) is 5.51. The summed E-state index contributed by atoms with van der Waals surface area (Å²) >= 11 is 1.63. The van der Waals surface area contributed by atoms with E-state index in [1.807, 2.05) is 66.9 Å². The molecule has 4 rings (SSSR count). The Bertz CT molecular complexity index is 995. The molecule has 0 aliphatic carbocycles. The van der Waals surface area contributed by atoms with Gasteiger partial charge in [-0.25, -0.2) is 5.01 Å². The van der Waals surface area contributed by atoms with E-state index in [2.05, 4.69) is 5.38 Å². The van der Waals surface area contributed by atoms with Crippen molar-refractivity contribution < 1.29 is 9.53 Å². The number of hydrogen-bond donors (Lipinski definition) is 0. The van der Waals surface area contributed by atoms with Gasteiger partial charge in [-0.05, 0) is 53.1 Å². The van der Waals surface area contributed by atoms with Gasteiger partial charge in [-0.1, -0.05) is 30.3 Å². The lowest BCUT2D eigenvalue weighted by molar-refractivity contribution is 0.0710. The van der Waals surface area contributed by atoms with Crippen molar-refractivity contribution in [2.45, 2.75) is 19.4 Å². The minimum atomic E-state index is -0.151. The molecule has 1 aromatic heterocycles. The maximum atomic E-state index is 13.3. The molecule has 1 aliphatic heterocycles. The molecule has 0 N–H and O–H groups in total.